The van der Waals surface area contributed by atoms with Gasteiger partial charge in [0.1, 0.15) is 5.82 Å². The van der Waals surface area contributed by atoms with Crippen LogP contribution in [0.2, 0.25) is 0 Å². The van der Waals surface area contributed by atoms with Crippen LogP contribution in [0.25, 0.3) is 96.0 Å². The predicted octanol–water partition coefficient (Wildman–Crippen LogP) is 17.3. The summed E-state index contributed by atoms with van der Waals surface area (Å²) in [7, 11) is 0. The largest absolute Gasteiger partial charge is 0.509 e. The number of nitrogens with zero attached hydrogens (tertiary/aromatic N) is 11. The van der Waals surface area contributed by atoms with Gasteiger partial charge < -0.3 is 19.1 Å². The number of benzene rings is 8. The topological polar surface area (TPSA) is 124 Å². The van der Waals surface area contributed by atoms with Gasteiger partial charge in [0.05, 0.1) is 5.69 Å². The molecule has 86 heavy (non-hydrogen) atoms. The quantitative estimate of drug-likeness (QED) is 0.115. The van der Waals surface area contributed by atoms with Crippen LogP contribution in [0.4, 0.5) is 22.7 Å². The maximum Gasteiger partial charge on any atom is 0.166 e. The normalized spacial score (nSPS) is 12.3. The third kappa shape index (κ3) is 10.6. The molecule has 0 fully saturated rings. The Kier molecular flexibility index (Phi) is 14.4. The van der Waals surface area contributed by atoms with E-state index in [2.05, 4.69) is 129 Å². The van der Waals surface area contributed by atoms with E-state index in [1.807, 2.05) is 170 Å². The Labute approximate surface area is 514 Å². The Morgan fingerprint density at radius 3 is 1.49 bits per heavy atom. The molecule has 0 radical (unpaired) electrons. The van der Waals surface area contributed by atoms with Crippen LogP contribution in [-0.2, 0) is 31.9 Å². The molecule has 0 saturated heterocycles. The van der Waals surface area contributed by atoms with Crippen LogP contribution in [0.1, 0.15) is 52.7 Å². The Balaban J connectivity index is 0.00000686. The van der Waals surface area contributed by atoms with Gasteiger partial charge in [0.2, 0.25) is 0 Å². The SMILES string of the molecule is CC(C)(C)c1ccnc(-n2c3[c-]c(Oc4[c-]c(N5[CH-]N(c6c(-c7nc(-c8ccccc8)nc(-c8ccccc8)n7)cc(C(C)(C)C)cc6-c6nc(-c7ccccc7)nc(-c7ccccc7)n6)c6ccncc65)ccc4)ccc3c3ccccc32)c1.[Pt]. The summed E-state index contributed by atoms with van der Waals surface area (Å²) in [6.45, 7) is 15.3. The van der Waals surface area contributed by atoms with Gasteiger partial charge in [0.25, 0.3) is 0 Å². The van der Waals surface area contributed by atoms with Crippen molar-refractivity contribution in [2.75, 3.05) is 9.80 Å². The first kappa shape index (κ1) is 55.2. The molecule has 422 valence electrons. The first-order valence-corrected chi connectivity index (χ1v) is 28.3. The van der Waals surface area contributed by atoms with E-state index < -0.39 is 0 Å². The van der Waals surface area contributed by atoms with Crippen LogP contribution in [0.5, 0.6) is 11.5 Å². The minimum atomic E-state index is -0.373. The number of aromatic nitrogens is 9. The summed E-state index contributed by atoms with van der Waals surface area (Å²) in [5.74, 6) is 4.89. The number of fused-ring (bicyclic) bond motifs is 4. The van der Waals surface area contributed by atoms with Crippen molar-refractivity contribution < 1.29 is 25.8 Å². The molecule has 0 unspecified atom stereocenters. The molecule has 0 bridgehead atoms. The average Bonchev–Trinajstić information content (AvgIpc) is 3.10. The Morgan fingerprint density at radius 1 is 0.430 bits per heavy atom. The molecule has 8 aromatic carbocycles. The molecule has 14 rings (SSSR count). The molecular formula is C73H56N11OPt-3. The van der Waals surface area contributed by atoms with Gasteiger partial charge in [-0.3, -0.25) is 4.98 Å². The van der Waals surface area contributed by atoms with Crippen molar-refractivity contribution in [1.82, 2.24) is 44.4 Å². The molecule has 1 aliphatic heterocycles. The number of hydrogen-bond donors (Lipinski definition) is 0. The summed E-state index contributed by atoms with van der Waals surface area (Å²) < 4.78 is 8.95. The van der Waals surface area contributed by atoms with Crippen LogP contribution in [0.3, 0.4) is 0 Å². The molecule has 13 heteroatoms. The van der Waals surface area contributed by atoms with E-state index in [9.17, 15) is 0 Å². The standard InChI is InChI=1S/C73H56N11O.Pt/c1-72(2,3)51-36-39-75-64(42-51)84-60-33-20-19-32-56(60)57-35-34-55(44-62(57)84)85-54-31-21-30-53(43-54)82-46-83(61-37-38-74-45-63(61)82)65-58(70-78-66(47-22-11-7-12-23-47)76-67(79-70)48-24-13-8-14-25-48)40-52(73(4,5)6)41-59(65)71-80-68(49-26-15-9-16-27-49)77-69(81-71)50-28-17-10-18-29-50;/h7-42,45-46H,1-6H3;/q-3;. The Hall–Kier alpha value is -10.0. The minimum absolute atomic E-state index is 0. The summed E-state index contributed by atoms with van der Waals surface area (Å²) in [6.07, 6.45) is 5.56. The van der Waals surface area contributed by atoms with Gasteiger partial charge in [-0.25, -0.2) is 34.9 Å². The van der Waals surface area contributed by atoms with E-state index in [1.165, 1.54) is 5.56 Å². The van der Waals surface area contributed by atoms with E-state index in [0.717, 1.165) is 83.6 Å². The van der Waals surface area contributed by atoms with Crippen molar-refractivity contribution in [1.29, 1.82) is 0 Å². The third-order valence-corrected chi connectivity index (χ3v) is 15.3. The molecule has 0 atom stereocenters. The summed E-state index contributed by atoms with van der Waals surface area (Å²) >= 11 is 0. The number of pyridine rings is 2. The van der Waals surface area contributed by atoms with Crippen LogP contribution in [0, 0.1) is 18.8 Å². The number of anilines is 4. The Bertz CT molecular complexity index is 4380. The fourth-order valence-corrected chi connectivity index (χ4v) is 10.8. The summed E-state index contributed by atoms with van der Waals surface area (Å²) in [5, 5.41) is 2.15. The molecule has 0 amide bonds. The van der Waals surface area contributed by atoms with Crippen molar-refractivity contribution in [3.8, 4) is 85.6 Å². The van der Waals surface area contributed by atoms with E-state index >= 15 is 0 Å². The molecule has 6 heterocycles. The van der Waals surface area contributed by atoms with Crippen LogP contribution < -0.4 is 14.5 Å². The minimum Gasteiger partial charge on any atom is -0.509 e. The molecule has 0 saturated carbocycles. The Morgan fingerprint density at radius 2 is 0.942 bits per heavy atom. The van der Waals surface area contributed by atoms with Crippen LogP contribution in [-0.4, -0.2) is 44.4 Å². The molecule has 13 aromatic rings. The first-order chi connectivity index (χ1) is 41.4. The monoisotopic (exact) mass is 1300 g/mol. The molecule has 0 aliphatic carbocycles. The van der Waals surface area contributed by atoms with Crippen molar-refractivity contribution in [3.05, 3.63) is 255 Å². The maximum absolute atomic E-state index is 6.78. The van der Waals surface area contributed by atoms with E-state index in [1.54, 1.807) is 0 Å². The fraction of sp³-hybridized carbons (Fsp3) is 0.110. The fourth-order valence-electron chi connectivity index (χ4n) is 10.8. The van der Waals surface area contributed by atoms with Crippen molar-refractivity contribution >= 4 is 44.6 Å². The number of rotatable bonds is 11. The number of para-hydroxylation sites is 1. The summed E-state index contributed by atoms with van der Waals surface area (Å²) in [4.78, 5) is 45.7. The van der Waals surface area contributed by atoms with Crippen molar-refractivity contribution in [2.24, 2.45) is 0 Å². The third-order valence-electron chi connectivity index (χ3n) is 15.3. The molecule has 5 aromatic heterocycles. The van der Waals surface area contributed by atoms with Gasteiger partial charge in [0, 0.05) is 101 Å². The van der Waals surface area contributed by atoms with Gasteiger partial charge in [-0.05, 0) is 63.7 Å². The van der Waals surface area contributed by atoms with Crippen molar-refractivity contribution in [3.63, 3.8) is 0 Å². The molecular weight excluding hydrogens is 1240 g/mol. The second-order valence-electron chi connectivity index (χ2n) is 23.1. The molecule has 0 spiro atoms. The predicted molar refractivity (Wildman–Crippen MR) is 339 cm³/mol. The number of ether oxygens (including phenoxy) is 1. The second-order valence-corrected chi connectivity index (χ2v) is 23.1. The summed E-state index contributed by atoms with van der Waals surface area (Å²) in [5.41, 5.74) is 11.6. The van der Waals surface area contributed by atoms with Gasteiger partial charge in [0.15, 0.2) is 34.9 Å². The smallest absolute Gasteiger partial charge is 0.166 e. The molecule has 12 nitrogen and oxygen atoms in total. The summed E-state index contributed by atoms with van der Waals surface area (Å²) in [6, 6.07) is 76.5. The zero-order chi connectivity index (χ0) is 57.8. The van der Waals surface area contributed by atoms with E-state index in [4.69, 9.17) is 44.6 Å². The van der Waals surface area contributed by atoms with Crippen LogP contribution >= 0.6 is 0 Å². The molecule has 1 aliphatic rings. The zero-order valence-corrected chi connectivity index (χ0v) is 50.4. The average molecular weight is 1300 g/mol. The maximum atomic E-state index is 6.78. The first-order valence-electron chi connectivity index (χ1n) is 28.3. The number of hydrogen-bond acceptors (Lipinski definition) is 11. The van der Waals surface area contributed by atoms with Gasteiger partial charge in [-0.2, -0.15) is 12.1 Å². The van der Waals surface area contributed by atoms with Gasteiger partial charge in [-0.1, -0.05) is 187 Å². The van der Waals surface area contributed by atoms with E-state index in [-0.39, 0.29) is 31.9 Å². The molecule has 0 N–H and O–H groups in total. The van der Waals surface area contributed by atoms with Gasteiger partial charge >= 0.3 is 0 Å². The van der Waals surface area contributed by atoms with Crippen LogP contribution in [0.15, 0.2) is 225 Å². The van der Waals surface area contributed by atoms with E-state index in [0.29, 0.717) is 52.1 Å². The zero-order valence-electron chi connectivity index (χ0n) is 48.1. The van der Waals surface area contributed by atoms with Crippen molar-refractivity contribution in [2.45, 2.75) is 52.4 Å². The second kappa shape index (κ2) is 22.5. The van der Waals surface area contributed by atoms with Gasteiger partial charge in [-0.15, -0.1) is 48.1 Å².